The zero-order valence-corrected chi connectivity index (χ0v) is 9.26. The molecular formula is C4H11B2LiO14. The molecular weight excluding hydrogens is 301 g/mol. The van der Waals surface area contributed by atoms with Crippen LogP contribution in [-0.4, -0.2) is 108 Å². The summed E-state index contributed by atoms with van der Waals surface area (Å²) in [5.74, 6) is -7.30. The molecule has 0 aromatic heterocycles. The minimum absolute atomic E-state index is 0. The van der Waals surface area contributed by atoms with E-state index in [1.54, 1.807) is 0 Å². The fourth-order valence-electron chi connectivity index (χ4n) is 0. The molecule has 14 nitrogen and oxygen atoms in total. The van der Waals surface area contributed by atoms with E-state index in [1.807, 2.05) is 0 Å². The Morgan fingerprint density at radius 1 is 0.476 bits per heavy atom. The first-order valence-electron chi connectivity index (χ1n) is 3.76. The minimum atomic E-state index is -2.17. The molecule has 0 radical (unpaired) electrons. The topological polar surface area (TPSA) is 271 Å². The number of aliphatic carboxylic acids is 4. The molecule has 0 aromatic rings. The molecule has 0 saturated heterocycles. The van der Waals surface area contributed by atoms with Gasteiger partial charge >= 0.3 is 57.4 Å². The van der Waals surface area contributed by atoms with Crippen LogP contribution in [0.3, 0.4) is 0 Å². The van der Waals surface area contributed by atoms with E-state index in [-0.39, 0.29) is 18.9 Å². The quantitative estimate of drug-likeness (QED) is 0.147. The van der Waals surface area contributed by atoms with Crippen molar-refractivity contribution in [1.29, 1.82) is 0 Å². The molecule has 0 atom stereocenters. The first-order valence-corrected chi connectivity index (χ1v) is 3.76. The first kappa shape index (κ1) is 31.7. The maximum absolute atomic E-state index is 9.10. The molecule has 0 aliphatic heterocycles. The molecule has 118 valence electrons. The second kappa shape index (κ2) is 20.7. The van der Waals surface area contributed by atoms with E-state index in [2.05, 4.69) is 0 Å². The Morgan fingerprint density at radius 2 is 0.524 bits per heavy atom. The van der Waals surface area contributed by atoms with Crippen LogP contribution in [0.25, 0.3) is 0 Å². The number of carboxylic acid groups (broad SMARTS) is 4. The van der Waals surface area contributed by atoms with E-state index >= 15 is 0 Å². The average Bonchev–Trinajstić information content (AvgIpc) is 2.15. The molecule has 0 amide bonds. The molecule has 0 aromatic carbocycles. The van der Waals surface area contributed by atoms with Crippen molar-refractivity contribution in [3.63, 3.8) is 0 Å². The summed E-state index contributed by atoms with van der Waals surface area (Å²) in [5, 5.41) is 72.6. The third-order valence-electron chi connectivity index (χ3n) is 0.366. The number of hydrogen-bond donors (Lipinski definition) is 10. The normalized spacial score (nSPS) is 6.76. The second-order valence-electron chi connectivity index (χ2n) is 1.91. The Morgan fingerprint density at radius 3 is 0.524 bits per heavy atom. The summed E-state index contributed by atoms with van der Waals surface area (Å²) in [6, 6.07) is 0. The molecule has 0 aliphatic rings. The van der Waals surface area contributed by atoms with E-state index in [0.717, 1.165) is 0 Å². The van der Waals surface area contributed by atoms with Gasteiger partial charge in [-0.05, 0) is 0 Å². The SMILES string of the molecule is O=C(O)C(=O)O.O=C(O)C(=O)O.OB(O)O.OB(O)O.[LiH]. The van der Waals surface area contributed by atoms with E-state index in [0.29, 0.717) is 0 Å². The van der Waals surface area contributed by atoms with Gasteiger partial charge in [-0.25, -0.2) is 19.2 Å². The number of carbonyl (C=O) groups is 4. The second-order valence-corrected chi connectivity index (χ2v) is 1.91. The molecule has 0 aliphatic carbocycles. The van der Waals surface area contributed by atoms with Gasteiger partial charge in [-0.1, -0.05) is 0 Å². The Balaban J connectivity index is -0.0000000544. The van der Waals surface area contributed by atoms with Crippen LogP contribution in [0.5, 0.6) is 0 Å². The van der Waals surface area contributed by atoms with E-state index in [4.69, 9.17) is 69.7 Å². The molecule has 0 spiro atoms. The summed E-state index contributed by atoms with van der Waals surface area (Å²) >= 11 is 0. The van der Waals surface area contributed by atoms with Crippen LogP contribution in [0.15, 0.2) is 0 Å². The Labute approximate surface area is 128 Å². The van der Waals surface area contributed by atoms with Crippen LogP contribution in [0.1, 0.15) is 0 Å². The van der Waals surface area contributed by atoms with Gasteiger partial charge in [0.25, 0.3) is 0 Å². The third-order valence-corrected chi connectivity index (χ3v) is 0.366. The summed E-state index contributed by atoms with van der Waals surface area (Å²) < 4.78 is 0. The van der Waals surface area contributed by atoms with Gasteiger partial charge in [0, 0.05) is 0 Å². The van der Waals surface area contributed by atoms with Crippen LogP contribution in [-0.2, 0) is 19.2 Å². The monoisotopic (exact) mass is 312 g/mol. The molecule has 0 saturated carbocycles. The van der Waals surface area contributed by atoms with Crippen LogP contribution >= 0.6 is 0 Å². The molecule has 10 N–H and O–H groups in total. The van der Waals surface area contributed by atoms with Crippen LogP contribution < -0.4 is 0 Å². The Hall–Kier alpha value is -1.63. The van der Waals surface area contributed by atoms with Crippen molar-refractivity contribution >= 4 is 57.4 Å². The van der Waals surface area contributed by atoms with Crippen molar-refractivity contribution in [2.45, 2.75) is 0 Å². The molecule has 17 heteroatoms. The van der Waals surface area contributed by atoms with Gasteiger partial charge in [0.15, 0.2) is 0 Å². The predicted octanol–water partition coefficient (Wildman–Crippen LogP) is -6.44. The van der Waals surface area contributed by atoms with Gasteiger partial charge in [0.1, 0.15) is 0 Å². The van der Waals surface area contributed by atoms with Gasteiger partial charge in [-0.3, -0.25) is 0 Å². The van der Waals surface area contributed by atoms with Gasteiger partial charge in [0.05, 0.1) is 0 Å². The van der Waals surface area contributed by atoms with Crippen LogP contribution in [0.4, 0.5) is 0 Å². The maximum atomic E-state index is 9.10. The average molecular weight is 312 g/mol. The molecule has 0 bridgehead atoms. The van der Waals surface area contributed by atoms with Gasteiger partial charge in [-0.15, -0.1) is 0 Å². The van der Waals surface area contributed by atoms with E-state index < -0.39 is 38.5 Å². The first-order chi connectivity index (χ1) is 8.75. The summed E-state index contributed by atoms with van der Waals surface area (Å²) in [6.45, 7) is 0. The van der Waals surface area contributed by atoms with Crippen molar-refractivity contribution in [2.24, 2.45) is 0 Å². The number of rotatable bonds is 0. The fourth-order valence-corrected chi connectivity index (χ4v) is 0. The fraction of sp³-hybridized carbons (Fsp3) is 0. The van der Waals surface area contributed by atoms with Crippen molar-refractivity contribution in [2.75, 3.05) is 0 Å². The van der Waals surface area contributed by atoms with Crippen molar-refractivity contribution in [1.82, 2.24) is 0 Å². The zero-order valence-electron chi connectivity index (χ0n) is 9.26. The van der Waals surface area contributed by atoms with Crippen LogP contribution in [0, 0.1) is 0 Å². The molecule has 0 rings (SSSR count). The summed E-state index contributed by atoms with van der Waals surface area (Å²) in [5.41, 5.74) is 0. The van der Waals surface area contributed by atoms with Crippen molar-refractivity contribution in [3.05, 3.63) is 0 Å². The summed E-state index contributed by atoms with van der Waals surface area (Å²) in [4.78, 5) is 36.4. The zero-order chi connectivity index (χ0) is 17.5. The summed E-state index contributed by atoms with van der Waals surface area (Å²) in [7, 11) is -4.33. The molecule has 21 heavy (non-hydrogen) atoms. The molecule has 0 heterocycles. The van der Waals surface area contributed by atoms with E-state index in [9.17, 15) is 0 Å². The van der Waals surface area contributed by atoms with Crippen molar-refractivity contribution in [3.8, 4) is 0 Å². The third kappa shape index (κ3) is 121. The standard InChI is InChI=1S/2C2H2O4.2BH3O3.Li.H/c2*3-1(4)2(5)6;2*2-1(3)4;;/h2*(H,3,4)(H,5,6);2*2-4H;;. The van der Waals surface area contributed by atoms with Gasteiger partial charge in [0.2, 0.25) is 0 Å². The van der Waals surface area contributed by atoms with Gasteiger partial charge in [-0.2, -0.15) is 0 Å². The van der Waals surface area contributed by atoms with Crippen LogP contribution in [0.2, 0.25) is 0 Å². The van der Waals surface area contributed by atoms with Gasteiger partial charge < -0.3 is 50.6 Å². The Kier molecular flexibility index (Phi) is 31.2. The molecule has 0 unspecified atom stereocenters. The number of carboxylic acids is 4. The predicted molar refractivity (Wildman–Crippen MR) is 62.5 cm³/mol. The van der Waals surface area contributed by atoms with Crippen molar-refractivity contribution < 1.29 is 69.7 Å². The Bertz CT molecular complexity index is 244. The van der Waals surface area contributed by atoms with E-state index in [1.165, 1.54) is 0 Å². The number of hydrogen-bond acceptors (Lipinski definition) is 10. The summed E-state index contributed by atoms with van der Waals surface area (Å²) in [6.07, 6.45) is 0. The molecule has 0 fully saturated rings.